The molecule has 3 rings (SSSR count). The second-order valence-corrected chi connectivity index (χ2v) is 8.02. The van der Waals surface area contributed by atoms with Crippen LogP contribution in [0.25, 0.3) is 0 Å². The molecule has 0 unspecified atom stereocenters. The highest BCUT2D eigenvalue weighted by Crippen LogP contribution is 2.17. The van der Waals surface area contributed by atoms with Crippen molar-refractivity contribution in [1.82, 2.24) is 5.32 Å². The summed E-state index contributed by atoms with van der Waals surface area (Å²) < 4.78 is 5.65. The van der Waals surface area contributed by atoms with Gasteiger partial charge in [0, 0.05) is 27.5 Å². The van der Waals surface area contributed by atoms with Gasteiger partial charge in [0.25, 0.3) is 11.8 Å². The smallest absolute Gasteiger partial charge is 0.257 e. The SMILES string of the molecule is CCCCOc1cccc(C(=O)NC(=S)Nc2ccc(NC(=O)c3cccc(Cl)c3)cc2)c1. The van der Waals surface area contributed by atoms with E-state index in [1.807, 2.05) is 6.07 Å². The Balaban J connectivity index is 1.52. The minimum absolute atomic E-state index is 0.160. The number of carbonyl (C=O) groups excluding carboxylic acids is 2. The molecule has 8 heteroatoms. The number of carbonyl (C=O) groups is 2. The molecule has 0 atom stereocenters. The summed E-state index contributed by atoms with van der Waals surface area (Å²) in [5.74, 6) is 0.0473. The fourth-order valence-electron chi connectivity index (χ4n) is 2.87. The molecule has 0 saturated heterocycles. The molecular formula is C25H24ClN3O3S. The number of benzene rings is 3. The minimum Gasteiger partial charge on any atom is -0.494 e. The summed E-state index contributed by atoms with van der Waals surface area (Å²) >= 11 is 11.2. The van der Waals surface area contributed by atoms with Gasteiger partial charge in [-0.3, -0.25) is 14.9 Å². The molecule has 2 amide bonds. The van der Waals surface area contributed by atoms with Crippen molar-refractivity contribution in [3.8, 4) is 5.75 Å². The molecule has 0 bridgehead atoms. The van der Waals surface area contributed by atoms with Crippen molar-refractivity contribution in [2.75, 3.05) is 17.2 Å². The molecule has 33 heavy (non-hydrogen) atoms. The van der Waals surface area contributed by atoms with Crippen LogP contribution in [0, 0.1) is 0 Å². The van der Waals surface area contributed by atoms with Crippen LogP contribution >= 0.6 is 23.8 Å². The van der Waals surface area contributed by atoms with Gasteiger partial charge in [-0.25, -0.2) is 0 Å². The van der Waals surface area contributed by atoms with Gasteiger partial charge >= 0.3 is 0 Å². The molecular weight excluding hydrogens is 458 g/mol. The van der Waals surface area contributed by atoms with Crippen molar-refractivity contribution in [3.05, 3.63) is 88.9 Å². The number of anilines is 2. The van der Waals surface area contributed by atoms with Gasteiger partial charge in [0.15, 0.2) is 5.11 Å². The lowest BCUT2D eigenvalue weighted by atomic mass is 10.2. The number of halogens is 1. The summed E-state index contributed by atoms with van der Waals surface area (Å²) in [5, 5.41) is 9.07. The minimum atomic E-state index is -0.334. The molecule has 0 aliphatic rings. The fourth-order valence-corrected chi connectivity index (χ4v) is 3.27. The molecule has 0 aromatic heterocycles. The van der Waals surface area contributed by atoms with E-state index in [2.05, 4.69) is 22.9 Å². The Kier molecular flexibility index (Phi) is 8.80. The first-order valence-corrected chi connectivity index (χ1v) is 11.3. The Labute approximate surface area is 203 Å². The van der Waals surface area contributed by atoms with Crippen LogP contribution in [0.3, 0.4) is 0 Å². The maximum Gasteiger partial charge on any atom is 0.257 e. The number of unbranched alkanes of at least 4 members (excludes halogenated alkanes) is 1. The molecule has 0 radical (unpaired) electrons. The number of amides is 2. The van der Waals surface area contributed by atoms with E-state index in [0.717, 1.165) is 12.8 Å². The predicted molar refractivity (Wildman–Crippen MR) is 136 cm³/mol. The third-order valence-electron chi connectivity index (χ3n) is 4.58. The van der Waals surface area contributed by atoms with Crippen LogP contribution in [-0.2, 0) is 0 Å². The second kappa shape index (κ2) is 12.0. The predicted octanol–water partition coefficient (Wildman–Crippen LogP) is 5.90. The third-order valence-corrected chi connectivity index (χ3v) is 5.02. The van der Waals surface area contributed by atoms with Crippen LogP contribution in [0.2, 0.25) is 5.02 Å². The van der Waals surface area contributed by atoms with E-state index in [1.165, 1.54) is 0 Å². The summed E-state index contributed by atoms with van der Waals surface area (Å²) in [7, 11) is 0. The Morgan fingerprint density at radius 3 is 2.18 bits per heavy atom. The summed E-state index contributed by atoms with van der Waals surface area (Å²) in [4.78, 5) is 24.8. The quantitative estimate of drug-likeness (QED) is 0.276. The molecule has 170 valence electrons. The highest BCUT2D eigenvalue weighted by molar-refractivity contribution is 7.80. The Morgan fingerprint density at radius 1 is 0.879 bits per heavy atom. The van der Waals surface area contributed by atoms with Gasteiger partial charge in [0.2, 0.25) is 0 Å². The standard InChI is InChI=1S/C25H24ClN3O3S/c1-2-3-14-32-22-9-5-7-18(16-22)24(31)29-25(33)28-21-12-10-20(11-13-21)27-23(30)17-6-4-8-19(26)15-17/h4-13,15-16H,2-3,14H2,1H3,(H,27,30)(H2,28,29,31,33). The van der Waals surface area contributed by atoms with Crippen molar-refractivity contribution < 1.29 is 14.3 Å². The van der Waals surface area contributed by atoms with E-state index in [-0.39, 0.29) is 16.9 Å². The number of thiocarbonyl (C=S) groups is 1. The first-order chi connectivity index (χ1) is 15.9. The van der Waals surface area contributed by atoms with Crippen molar-refractivity contribution in [2.24, 2.45) is 0 Å². The Hall–Kier alpha value is -3.42. The third kappa shape index (κ3) is 7.59. The lowest BCUT2D eigenvalue weighted by Crippen LogP contribution is -2.34. The van der Waals surface area contributed by atoms with E-state index < -0.39 is 0 Å². The number of rotatable bonds is 8. The Bertz CT molecular complexity index is 1140. The number of ether oxygens (including phenoxy) is 1. The highest BCUT2D eigenvalue weighted by atomic mass is 35.5. The molecule has 0 aliphatic heterocycles. The number of hydrogen-bond donors (Lipinski definition) is 3. The largest absolute Gasteiger partial charge is 0.494 e. The fraction of sp³-hybridized carbons (Fsp3) is 0.160. The maximum absolute atomic E-state index is 12.5. The van der Waals surface area contributed by atoms with Gasteiger partial charge in [-0.1, -0.05) is 37.1 Å². The van der Waals surface area contributed by atoms with E-state index in [9.17, 15) is 9.59 Å². The molecule has 6 nitrogen and oxygen atoms in total. The van der Waals surface area contributed by atoms with E-state index in [1.54, 1.807) is 66.7 Å². The molecule has 0 spiro atoms. The number of hydrogen-bond acceptors (Lipinski definition) is 4. The highest BCUT2D eigenvalue weighted by Gasteiger charge is 2.10. The molecule has 3 N–H and O–H groups in total. The first kappa shape index (κ1) is 24.2. The zero-order valence-electron chi connectivity index (χ0n) is 18.1. The second-order valence-electron chi connectivity index (χ2n) is 7.18. The van der Waals surface area contributed by atoms with E-state index in [0.29, 0.717) is 39.9 Å². The topological polar surface area (TPSA) is 79.5 Å². The van der Waals surface area contributed by atoms with Gasteiger partial charge in [-0.05, 0) is 79.3 Å². The zero-order chi connectivity index (χ0) is 23.6. The molecule has 3 aromatic rings. The molecule has 0 saturated carbocycles. The van der Waals surface area contributed by atoms with Crippen LogP contribution in [-0.4, -0.2) is 23.5 Å². The zero-order valence-corrected chi connectivity index (χ0v) is 19.6. The summed E-state index contributed by atoms with van der Waals surface area (Å²) in [6.07, 6.45) is 1.99. The van der Waals surface area contributed by atoms with Crippen molar-refractivity contribution in [1.29, 1.82) is 0 Å². The maximum atomic E-state index is 12.5. The molecule has 3 aromatic carbocycles. The van der Waals surface area contributed by atoms with Crippen molar-refractivity contribution >= 4 is 52.1 Å². The van der Waals surface area contributed by atoms with Crippen molar-refractivity contribution in [3.63, 3.8) is 0 Å². The molecule has 0 aliphatic carbocycles. The average Bonchev–Trinajstić information content (AvgIpc) is 2.80. The van der Waals surface area contributed by atoms with Crippen LogP contribution in [0.15, 0.2) is 72.8 Å². The van der Waals surface area contributed by atoms with E-state index >= 15 is 0 Å². The average molecular weight is 482 g/mol. The van der Waals surface area contributed by atoms with Crippen molar-refractivity contribution in [2.45, 2.75) is 19.8 Å². The number of nitrogens with one attached hydrogen (secondary N) is 3. The van der Waals surface area contributed by atoms with Gasteiger partial charge in [0.1, 0.15) is 5.75 Å². The van der Waals surface area contributed by atoms with Crippen LogP contribution in [0.1, 0.15) is 40.5 Å². The van der Waals surface area contributed by atoms with E-state index in [4.69, 9.17) is 28.6 Å². The lowest BCUT2D eigenvalue weighted by Gasteiger charge is -2.12. The van der Waals surface area contributed by atoms with Gasteiger partial charge in [0.05, 0.1) is 6.61 Å². The van der Waals surface area contributed by atoms with Crippen LogP contribution < -0.4 is 20.7 Å². The monoisotopic (exact) mass is 481 g/mol. The summed E-state index contributed by atoms with van der Waals surface area (Å²) in [6, 6.07) is 20.6. The first-order valence-electron chi connectivity index (χ1n) is 10.5. The molecule has 0 heterocycles. The molecule has 0 fully saturated rings. The Morgan fingerprint density at radius 2 is 1.52 bits per heavy atom. The van der Waals surface area contributed by atoms with Gasteiger partial charge in [-0.2, -0.15) is 0 Å². The summed E-state index contributed by atoms with van der Waals surface area (Å²) in [6.45, 7) is 2.70. The van der Waals surface area contributed by atoms with Gasteiger partial charge in [-0.15, -0.1) is 0 Å². The summed E-state index contributed by atoms with van der Waals surface area (Å²) in [5.41, 5.74) is 2.19. The lowest BCUT2D eigenvalue weighted by molar-refractivity contribution is 0.0976. The normalized spacial score (nSPS) is 10.2. The van der Waals surface area contributed by atoms with Gasteiger partial charge < -0.3 is 15.4 Å². The van der Waals surface area contributed by atoms with Crippen LogP contribution in [0.4, 0.5) is 11.4 Å². The van der Waals surface area contributed by atoms with Crippen LogP contribution in [0.5, 0.6) is 5.75 Å².